The molecule has 1 aromatic rings. The molecule has 19 heavy (non-hydrogen) atoms. The highest BCUT2D eigenvalue weighted by molar-refractivity contribution is 5.50. The van der Waals surface area contributed by atoms with Gasteiger partial charge in [0.25, 0.3) is 0 Å². The molecule has 0 fully saturated rings. The van der Waals surface area contributed by atoms with E-state index in [4.69, 9.17) is 15.2 Å². The van der Waals surface area contributed by atoms with Gasteiger partial charge in [-0.2, -0.15) is 0 Å². The van der Waals surface area contributed by atoms with Gasteiger partial charge in [-0.15, -0.1) is 0 Å². The minimum absolute atomic E-state index is 0.0552. The van der Waals surface area contributed by atoms with Gasteiger partial charge >= 0.3 is 0 Å². The first-order chi connectivity index (χ1) is 9.04. The van der Waals surface area contributed by atoms with Gasteiger partial charge < -0.3 is 20.5 Å². The van der Waals surface area contributed by atoms with Crippen LogP contribution in [0.2, 0.25) is 0 Å². The molecule has 1 aliphatic heterocycles. The van der Waals surface area contributed by atoms with E-state index in [0.717, 1.165) is 37.6 Å². The molecule has 0 spiro atoms. The Kier molecular flexibility index (Phi) is 4.32. The largest absolute Gasteiger partial charge is 0.454 e. The lowest BCUT2D eigenvalue weighted by Gasteiger charge is -2.28. The summed E-state index contributed by atoms with van der Waals surface area (Å²) in [4.78, 5) is 0. The van der Waals surface area contributed by atoms with E-state index in [-0.39, 0.29) is 5.41 Å². The first-order valence-electron chi connectivity index (χ1n) is 6.86. The molecule has 0 radical (unpaired) electrons. The van der Waals surface area contributed by atoms with Gasteiger partial charge in [-0.25, -0.2) is 0 Å². The number of nitrogens with one attached hydrogen (secondary N) is 1. The maximum absolute atomic E-state index is 5.50. The third kappa shape index (κ3) is 3.19. The van der Waals surface area contributed by atoms with E-state index in [0.29, 0.717) is 6.79 Å². The Morgan fingerprint density at radius 3 is 2.63 bits per heavy atom. The molecule has 0 bridgehead atoms. The molecule has 4 nitrogen and oxygen atoms in total. The highest BCUT2D eigenvalue weighted by atomic mass is 16.7. The second-order valence-electron chi connectivity index (χ2n) is 5.72. The smallest absolute Gasteiger partial charge is 0.231 e. The van der Waals surface area contributed by atoms with Crippen molar-refractivity contribution in [1.82, 2.24) is 5.32 Å². The van der Waals surface area contributed by atoms with Gasteiger partial charge in [-0.1, -0.05) is 13.8 Å². The fourth-order valence-corrected chi connectivity index (χ4v) is 2.50. The molecule has 0 amide bonds. The molecule has 0 aliphatic carbocycles. The third-order valence-electron chi connectivity index (χ3n) is 3.57. The fourth-order valence-electron chi connectivity index (χ4n) is 2.50. The molecule has 3 N–H and O–H groups in total. The van der Waals surface area contributed by atoms with Crippen molar-refractivity contribution in [2.75, 3.05) is 26.4 Å². The number of hydrogen-bond acceptors (Lipinski definition) is 4. The van der Waals surface area contributed by atoms with E-state index in [1.54, 1.807) is 0 Å². The summed E-state index contributed by atoms with van der Waals surface area (Å²) >= 11 is 0. The predicted octanol–water partition coefficient (Wildman–Crippen LogP) is 1.94. The number of benzene rings is 1. The quantitative estimate of drug-likeness (QED) is 0.771. The van der Waals surface area contributed by atoms with Gasteiger partial charge in [0.05, 0.1) is 0 Å². The molecule has 0 aromatic heterocycles. The SMILES string of the molecule is Cc1cc2c(cc1C(C)(C)CNCCCN)OCO2. The van der Waals surface area contributed by atoms with Crippen LogP contribution in [0.1, 0.15) is 31.4 Å². The first kappa shape index (κ1) is 14.2. The molecule has 106 valence electrons. The van der Waals surface area contributed by atoms with Gasteiger partial charge in [0, 0.05) is 12.0 Å². The van der Waals surface area contributed by atoms with Crippen molar-refractivity contribution < 1.29 is 9.47 Å². The molecular formula is C15H24N2O2. The van der Waals surface area contributed by atoms with Crippen LogP contribution in [0.3, 0.4) is 0 Å². The fraction of sp³-hybridized carbons (Fsp3) is 0.600. The zero-order valence-electron chi connectivity index (χ0n) is 12.1. The van der Waals surface area contributed by atoms with Crippen LogP contribution in [0, 0.1) is 6.92 Å². The minimum Gasteiger partial charge on any atom is -0.454 e. The van der Waals surface area contributed by atoms with E-state index < -0.39 is 0 Å². The highest BCUT2D eigenvalue weighted by Gasteiger charge is 2.25. The van der Waals surface area contributed by atoms with Gasteiger partial charge in [-0.05, 0) is 49.7 Å². The molecule has 4 heteroatoms. The van der Waals surface area contributed by atoms with Crippen LogP contribution in [-0.4, -0.2) is 26.4 Å². The Balaban J connectivity index is 2.11. The van der Waals surface area contributed by atoms with Crippen molar-refractivity contribution in [3.63, 3.8) is 0 Å². The van der Waals surface area contributed by atoms with E-state index >= 15 is 0 Å². The Bertz CT molecular complexity index is 444. The lowest BCUT2D eigenvalue weighted by Crippen LogP contribution is -2.34. The van der Waals surface area contributed by atoms with Crippen LogP contribution in [0.5, 0.6) is 11.5 Å². The standard InChI is InChI=1S/C15H24N2O2/c1-11-7-13-14(19-10-18-13)8-12(11)15(2,3)9-17-6-4-5-16/h7-8,17H,4-6,9-10,16H2,1-3H3. The molecule has 1 aromatic carbocycles. The number of fused-ring (bicyclic) bond motifs is 1. The zero-order chi connectivity index (χ0) is 13.9. The van der Waals surface area contributed by atoms with Gasteiger partial charge in [0.1, 0.15) is 0 Å². The van der Waals surface area contributed by atoms with Crippen LogP contribution in [0.4, 0.5) is 0 Å². The Hall–Kier alpha value is -1.26. The maximum Gasteiger partial charge on any atom is 0.231 e. The Morgan fingerprint density at radius 2 is 1.95 bits per heavy atom. The molecule has 0 unspecified atom stereocenters. The third-order valence-corrected chi connectivity index (χ3v) is 3.57. The molecule has 1 heterocycles. The summed E-state index contributed by atoms with van der Waals surface area (Å²) < 4.78 is 10.9. The molecular weight excluding hydrogens is 240 g/mol. The van der Waals surface area contributed by atoms with Crippen molar-refractivity contribution >= 4 is 0 Å². The van der Waals surface area contributed by atoms with Crippen LogP contribution in [0.15, 0.2) is 12.1 Å². The predicted molar refractivity (Wildman–Crippen MR) is 76.9 cm³/mol. The topological polar surface area (TPSA) is 56.5 Å². The summed E-state index contributed by atoms with van der Waals surface area (Å²) in [7, 11) is 0. The average Bonchev–Trinajstić information content (AvgIpc) is 2.80. The second kappa shape index (κ2) is 5.80. The second-order valence-corrected chi connectivity index (χ2v) is 5.72. The number of ether oxygens (including phenoxy) is 2. The highest BCUT2D eigenvalue weighted by Crippen LogP contribution is 2.38. The normalized spacial score (nSPS) is 13.9. The zero-order valence-corrected chi connectivity index (χ0v) is 12.1. The van der Waals surface area contributed by atoms with Crippen LogP contribution in [-0.2, 0) is 5.41 Å². The molecule has 0 atom stereocenters. The van der Waals surface area contributed by atoms with E-state index in [2.05, 4.69) is 38.2 Å². The van der Waals surface area contributed by atoms with Crippen LogP contribution in [0.25, 0.3) is 0 Å². The summed E-state index contributed by atoms with van der Waals surface area (Å²) in [6.45, 7) is 9.56. The molecule has 1 aliphatic rings. The molecule has 0 saturated carbocycles. The monoisotopic (exact) mass is 264 g/mol. The Morgan fingerprint density at radius 1 is 1.26 bits per heavy atom. The van der Waals surface area contributed by atoms with E-state index in [1.165, 1.54) is 11.1 Å². The van der Waals surface area contributed by atoms with Crippen molar-refractivity contribution in [3.8, 4) is 11.5 Å². The van der Waals surface area contributed by atoms with Crippen molar-refractivity contribution in [2.45, 2.75) is 32.6 Å². The lowest BCUT2D eigenvalue weighted by atomic mass is 9.81. The summed E-state index contributed by atoms with van der Waals surface area (Å²) in [5.74, 6) is 1.71. The number of nitrogens with two attached hydrogens (primary N) is 1. The van der Waals surface area contributed by atoms with Gasteiger partial charge in [-0.3, -0.25) is 0 Å². The van der Waals surface area contributed by atoms with Crippen molar-refractivity contribution in [3.05, 3.63) is 23.3 Å². The van der Waals surface area contributed by atoms with E-state index in [1.807, 2.05) is 0 Å². The lowest BCUT2D eigenvalue weighted by molar-refractivity contribution is 0.174. The van der Waals surface area contributed by atoms with E-state index in [9.17, 15) is 0 Å². The average molecular weight is 264 g/mol. The maximum atomic E-state index is 5.50. The molecule has 0 saturated heterocycles. The Labute approximate surface area is 115 Å². The number of aryl methyl sites for hydroxylation is 1. The van der Waals surface area contributed by atoms with Gasteiger partial charge in [0.2, 0.25) is 6.79 Å². The van der Waals surface area contributed by atoms with Gasteiger partial charge in [0.15, 0.2) is 11.5 Å². The molecule has 2 rings (SSSR count). The van der Waals surface area contributed by atoms with Crippen LogP contribution < -0.4 is 20.5 Å². The first-order valence-corrected chi connectivity index (χ1v) is 6.86. The van der Waals surface area contributed by atoms with Crippen LogP contribution >= 0.6 is 0 Å². The summed E-state index contributed by atoms with van der Waals surface area (Å²) in [5.41, 5.74) is 8.11. The van der Waals surface area contributed by atoms with Crippen molar-refractivity contribution in [2.24, 2.45) is 5.73 Å². The number of rotatable bonds is 6. The summed E-state index contributed by atoms with van der Waals surface area (Å²) in [6, 6.07) is 4.18. The number of hydrogen-bond donors (Lipinski definition) is 2. The summed E-state index contributed by atoms with van der Waals surface area (Å²) in [5, 5.41) is 3.47. The summed E-state index contributed by atoms with van der Waals surface area (Å²) in [6.07, 6.45) is 1.01. The van der Waals surface area contributed by atoms with Crippen molar-refractivity contribution in [1.29, 1.82) is 0 Å². The minimum atomic E-state index is 0.0552.